The molecule has 0 unspecified atom stereocenters. The Labute approximate surface area is 207 Å². The number of nitrogens with zero attached hydrogens (tertiary/aromatic N) is 3. The van der Waals surface area contributed by atoms with E-state index in [2.05, 4.69) is 11.9 Å². The van der Waals surface area contributed by atoms with Gasteiger partial charge in [0.05, 0.1) is 6.04 Å². The Bertz CT molecular complexity index is 1050. The summed E-state index contributed by atoms with van der Waals surface area (Å²) in [5, 5.41) is 0. The van der Waals surface area contributed by atoms with Crippen LogP contribution in [0.1, 0.15) is 49.9 Å². The summed E-state index contributed by atoms with van der Waals surface area (Å²) in [6.07, 6.45) is 0.593. The van der Waals surface area contributed by atoms with Crippen molar-refractivity contribution in [3.8, 4) is 5.75 Å². The number of halogens is 1. The van der Waals surface area contributed by atoms with Crippen LogP contribution in [0, 0.1) is 11.7 Å². The van der Waals surface area contributed by atoms with Gasteiger partial charge in [-0.3, -0.25) is 9.59 Å². The monoisotopic (exact) mass is 481 g/mol. The molecule has 2 heterocycles. The number of rotatable bonds is 6. The molecule has 0 radical (unpaired) electrons. The number of carbonyl (C=O) groups excluding carboxylic acids is 2. The summed E-state index contributed by atoms with van der Waals surface area (Å²) < 4.78 is 19.8. The molecule has 0 saturated carbocycles. The summed E-state index contributed by atoms with van der Waals surface area (Å²) in [4.78, 5) is 32.1. The average molecular weight is 482 g/mol. The van der Waals surface area contributed by atoms with E-state index in [1.165, 1.54) is 12.1 Å². The fourth-order valence-corrected chi connectivity index (χ4v) is 4.94. The van der Waals surface area contributed by atoms with E-state index in [9.17, 15) is 14.0 Å². The van der Waals surface area contributed by atoms with Gasteiger partial charge in [-0.25, -0.2) is 4.39 Å². The maximum Gasteiger partial charge on any atom is 0.263 e. The molecule has 0 N–H and O–H groups in total. The van der Waals surface area contributed by atoms with E-state index in [4.69, 9.17) is 4.74 Å². The number of hydrogen-bond acceptors (Lipinski definition) is 4. The van der Waals surface area contributed by atoms with Gasteiger partial charge in [-0.05, 0) is 67.3 Å². The van der Waals surface area contributed by atoms with Crippen molar-refractivity contribution in [1.82, 2.24) is 14.7 Å². The first-order valence-electron chi connectivity index (χ1n) is 12.5. The van der Waals surface area contributed by atoms with Crippen LogP contribution in [-0.4, -0.2) is 72.4 Å². The lowest BCUT2D eigenvalue weighted by Gasteiger charge is -2.38. The molecule has 0 spiro atoms. The Morgan fingerprint density at radius 3 is 2.34 bits per heavy atom. The van der Waals surface area contributed by atoms with E-state index in [-0.39, 0.29) is 29.6 Å². The molecule has 2 amide bonds. The predicted molar refractivity (Wildman–Crippen MR) is 134 cm³/mol. The predicted octanol–water partition coefficient (Wildman–Crippen LogP) is 3.89. The van der Waals surface area contributed by atoms with E-state index >= 15 is 0 Å². The van der Waals surface area contributed by atoms with Crippen LogP contribution < -0.4 is 4.74 Å². The molecule has 0 aromatic heterocycles. The Morgan fingerprint density at radius 1 is 1.00 bits per heavy atom. The minimum absolute atomic E-state index is 0.0142. The van der Waals surface area contributed by atoms with E-state index < -0.39 is 6.10 Å². The largest absolute Gasteiger partial charge is 0.481 e. The smallest absolute Gasteiger partial charge is 0.263 e. The lowest BCUT2D eigenvalue weighted by atomic mass is 9.87. The molecule has 0 bridgehead atoms. The van der Waals surface area contributed by atoms with Crippen molar-refractivity contribution >= 4 is 11.8 Å². The number of amides is 2. The summed E-state index contributed by atoms with van der Waals surface area (Å²) in [5.41, 5.74) is 2.97. The van der Waals surface area contributed by atoms with Crippen molar-refractivity contribution in [3.63, 3.8) is 0 Å². The second-order valence-corrected chi connectivity index (χ2v) is 10.1. The lowest BCUT2D eigenvalue weighted by Crippen LogP contribution is -2.50. The molecule has 2 aliphatic heterocycles. The van der Waals surface area contributed by atoms with Crippen LogP contribution in [0.2, 0.25) is 0 Å². The summed E-state index contributed by atoms with van der Waals surface area (Å²) >= 11 is 0. The van der Waals surface area contributed by atoms with Crippen LogP contribution in [0.4, 0.5) is 4.39 Å². The van der Waals surface area contributed by atoms with E-state index in [1.54, 1.807) is 19.1 Å². The van der Waals surface area contributed by atoms with Crippen LogP contribution in [0.25, 0.3) is 0 Å². The van der Waals surface area contributed by atoms with Gasteiger partial charge in [-0.2, -0.15) is 0 Å². The quantitative estimate of drug-likeness (QED) is 0.628. The molecule has 6 nitrogen and oxygen atoms in total. The zero-order valence-electron chi connectivity index (χ0n) is 21.2. The van der Waals surface area contributed by atoms with Crippen molar-refractivity contribution in [2.75, 3.05) is 39.8 Å². The summed E-state index contributed by atoms with van der Waals surface area (Å²) in [7, 11) is 2.06. The van der Waals surface area contributed by atoms with Crippen LogP contribution in [0.3, 0.4) is 0 Å². The Morgan fingerprint density at radius 2 is 1.69 bits per heavy atom. The van der Waals surface area contributed by atoms with E-state index in [1.807, 2.05) is 41.8 Å². The van der Waals surface area contributed by atoms with Crippen molar-refractivity contribution in [1.29, 1.82) is 0 Å². The standard InChI is InChI=1S/C28H36FN3O3/c1-19(2)17-26(33)32-12-11-21-7-10-24(18-25(21)27(32)22-5-8-23(29)9-6-22)35-20(3)28(34)31-15-13-30(4)14-16-31/h5-10,18-20,27H,11-17H2,1-4H3/t20-,27-/m0/s1. The molecule has 2 aliphatic rings. The van der Waals surface area contributed by atoms with Gasteiger partial charge < -0.3 is 19.4 Å². The number of ether oxygens (including phenoxy) is 1. The first-order valence-corrected chi connectivity index (χ1v) is 12.5. The molecule has 0 aliphatic carbocycles. The van der Waals surface area contributed by atoms with Gasteiger partial charge in [0.25, 0.3) is 5.91 Å². The van der Waals surface area contributed by atoms with Crippen LogP contribution in [0.5, 0.6) is 5.75 Å². The number of hydrogen-bond donors (Lipinski definition) is 0. The molecule has 35 heavy (non-hydrogen) atoms. The van der Waals surface area contributed by atoms with E-state index in [0.29, 0.717) is 31.8 Å². The van der Waals surface area contributed by atoms with Crippen molar-refractivity contribution in [3.05, 3.63) is 65.0 Å². The number of benzene rings is 2. The van der Waals surface area contributed by atoms with Gasteiger partial charge in [-0.1, -0.05) is 32.0 Å². The maximum atomic E-state index is 13.7. The van der Waals surface area contributed by atoms with Crippen LogP contribution in [0.15, 0.2) is 42.5 Å². The summed E-state index contributed by atoms with van der Waals surface area (Å²) in [5.74, 6) is 0.612. The van der Waals surface area contributed by atoms with Gasteiger partial charge in [-0.15, -0.1) is 0 Å². The zero-order chi connectivity index (χ0) is 25.1. The second-order valence-electron chi connectivity index (χ2n) is 10.1. The van der Waals surface area contributed by atoms with Gasteiger partial charge >= 0.3 is 0 Å². The number of carbonyl (C=O) groups is 2. The Hall–Kier alpha value is -2.93. The van der Waals surface area contributed by atoms with Crippen LogP contribution in [-0.2, 0) is 16.0 Å². The summed E-state index contributed by atoms with van der Waals surface area (Å²) in [6, 6.07) is 11.9. The third-order valence-electron chi connectivity index (χ3n) is 6.91. The summed E-state index contributed by atoms with van der Waals surface area (Å²) in [6.45, 7) is 9.59. The fraction of sp³-hybridized carbons (Fsp3) is 0.500. The maximum absolute atomic E-state index is 13.7. The number of fused-ring (bicyclic) bond motifs is 1. The molecule has 188 valence electrons. The first-order chi connectivity index (χ1) is 16.7. The molecule has 2 atom stereocenters. The van der Waals surface area contributed by atoms with Gasteiger partial charge in [0.1, 0.15) is 11.6 Å². The zero-order valence-corrected chi connectivity index (χ0v) is 21.2. The minimum Gasteiger partial charge on any atom is -0.481 e. The molecule has 2 aromatic carbocycles. The highest BCUT2D eigenvalue weighted by Crippen LogP contribution is 2.38. The highest BCUT2D eigenvalue weighted by atomic mass is 19.1. The van der Waals surface area contributed by atoms with Gasteiger partial charge in [0.15, 0.2) is 6.10 Å². The molecule has 4 rings (SSSR count). The van der Waals surface area contributed by atoms with E-state index in [0.717, 1.165) is 36.2 Å². The number of likely N-dealkylation sites (N-methyl/N-ethyl adjacent to an activating group) is 1. The Kier molecular flexibility index (Phi) is 7.75. The normalized spacial score (nSPS) is 19.4. The van der Waals surface area contributed by atoms with Gasteiger partial charge in [0, 0.05) is 39.1 Å². The van der Waals surface area contributed by atoms with Gasteiger partial charge in [0.2, 0.25) is 5.91 Å². The SMILES string of the molecule is CC(C)CC(=O)N1CCc2ccc(O[C@@H](C)C(=O)N3CCN(C)CC3)cc2[C@@H]1c1ccc(F)cc1. The third kappa shape index (κ3) is 5.84. The highest BCUT2D eigenvalue weighted by molar-refractivity contribution is 5.81. The second kappa shape index (κ2) is 10.8. The Balaban J connectivity index is 1.60. The first kappa shape index (κ1) is 25.2. The third-order valence-corrected chi connectivity index (χ3v) is 6.91. The minimum atomic E-state index is -0.608. The van der Waals surface area contributed by atoms with Crippen molar-refractivity contribution in [2.24, 2.45) is 5.92 Å². The molecule has 7 heteroatoms. The average Bonchev–Trinajstić information content (AvgIpc) is 2.83. The number of piperazine rings is 1. The van der Waals surface area contributed by atoms with Crippen molar-refractivity contribution < 1.29 is 18.7 Å². The molecule has 1 saturated heterocycles. The molecular formula is C28H36FN3O3. The molecule has 1 fully saturated rings. The molecule has 2 aromatic rings. The molecular weight excluding hydrogens is 445 g/mol. The van der Waals surface area contributed by atoms with Crippen molar-refractivity contribution in [2.45, 2.75) is 45.8 Å². The fourth-order valence-electron chi connectivity index (χ4n) is 4.94. The lowest BCUT2D eigenvalue weighted by molar-refractivity contribution is -0.139. The van der Waals surface area contributed by atoms with Crippen LogP contribution >= 0.6 is 0 Å². The topological polar surface area (TPSA) is 53.1 Å². The highest BCUT2D eigenvalue weighted by Gasteiger charge is 2.33.